The van der Waals surface area contributed by atoms with Crippen molar-refractivity contribution >= 4 is 16.7 Å². The first-order valence-electron chi connectivity index (χ1n) is 8.44. The van der Waals surface area contributed by atoms with Crippen molar-refractivity contribution in [2.24, 2.45) is 0 Å². The van der Waals surface area contributed by atoms with Crippen LogP contribution in [-0.2, 0) is 0 Å². The van der Waals surface area contributed by atoms with Gasteiger partial charge in [-0.3, -0.25) is 4.79 Å². The summed E-state index contributed by atoms with van der Waals surface area (Å²) in [4.78, 5) is 12.6. The van der Waals surface area contributed by atoms with E-state index in [1.165, 1.54) is 6.42 Å². The first-order valence-corrected chi connectivity index (χ1v) is 8.44. The molecule has 4 heteroatoms. The Kier molecular flexibility index (Phi) is 3.97. The van der Waals surface area contributed by atoms with Crippen molar-refractivity contribution in [3.05, 3.63) is 47.5 Å². The van der Waals surface area contributed by atoms with Crippen molar-refractivity contribution in [3.63, 3.8) is 0 Å². The minimum atomic E-state index is -0.158. The molecule has 0 unspecified atom stereocenters. The first-order chi connectivity index (χ1) is 11.7. The van der Waals surface area contributed by atoms with E-state index in [4.69, 9.17) is 5.11 Å². The second-order valence-electron chi connectivity index (χ2n) is 6.56. The molecule has 0 aliphatic carbocycles. The van der Waals surface area contributed by atoms with E-state index in [1.807, 2.05) is 36.4 Å². The topological polar surface area (TPSA) is 61.4 Å². The quantitative estimate of drug-likeness (QED) is 0.740. The van der Waals surface area contributed by atoms with Crippen LogP contribution in [0, 0.1) is 11.8 Å². The third kappa shape index (κ3) is 2.77. The molecule has 2 aromatic carbocycles. The number of fused-ring (bicyclic) bond motifs is 3. The van der Waals surface area contributed by atoms with Gasteiger partial charge in [0.15, 0.2) is 0 Å². The molecule has 0 aromatic heterocycles. The van der Waals surface area contributed by atoms with Crippen LogP contribution in [0.5, 0.6) is 0 Å². The molecule has 122 valence electrons. The molecular weight excluding hydrogens is 300 g/mol. The van der Waals surface area contributed by atoms with Crippen molar-refractivity contribution in [3.8, 4) is 11.8 Å². The SMILES string of the molecule is O=C(N[C@@H]1C[C@H]2CC[C@@H]1N2)c1ccc2c(C#CCO)cccc2c1. The first kappa shape index (κ1) is 15.2. The lowest BCUT2D eigenvalue weighted by Gasteiger charge is -2.21. The zero-order valence-electron chi connectivity index (χ0n) is 13.4. The van der Waals surface area contributed by atoms with Crippen LogP contribution in [0.15, 0.2) is 36.4 Å². The van der Waals surface area contributed by atoms with Gasteiger partial charge in [0.2, 0.25) is 0 Å². The summed E-state index contributed by atoms with van der Waals surface area (Å²) in [7, 11) is 0. The third-order valence-corrected chi connectivity index (χ3v) is 5.06. The van der Waals surface area contributed by atoms with E-state index in [2.05, 4.69) is 22.5 Å². The van der Waals surface area contributed by atoms with Gasteiger partial charge in [-0.15, -0.1) is 0 Å². The molecule has 0 spiro atoms. The van der Waals surface area contributed by atoms with Gasteiger partial charge in [-0.25, -0.2) is 0 Å². The van der Waals surface area contributed by atoms with Gasteiger partial charge in [-0.2, -0.15) is 0 Å². The molecule has 4 nitrogen and oxygen atoms in total. The van der Waals surface area contributed by atoms with Gasteiger partial charge in [-0.1, -0.05) is 30.0 Å². The van der Waals surface area contributed by atoms with Gasteiger partial charge in [0.05, 0.1) is 0 Å². The molecule has 2 aliphatic rings. The number of hydrogen-bond acceptors (Lipinski definition) is 3. The van der Waals surface area contributed by atoms with Crippen molar-refractivity contribution in [1.82, 2.24) is 10.6 Å². The Balaban J connectivity index is 1.57. The minimum absolute atomic E-state index is 0.0110. The summed E-state index contributed by atoms with van der Waals surface area (Å²) in [5.41, 5.74) is 1.54. The van der Waals surface area contributed by atoms with Crippen LogP contribution in [0.25, 0.3) is 10.8 Å². The third-order valence-electron chi connectivity index (χ3n) is 5.06. The van der Waals surface area contributed by atoms with Crippen molar-refractivity contribution in [2.45, 2.75) is 37.4 Å². The molecular formula is C20H20N2O2. The lowest BCUT2D eigenvalue weighted by Crippen LogP contribution is -2.42. The van der Waals surface area contributed by atoms with Gasteiger partial charge >= 0.3 is 0 Å². The van der Waals surface area contributed by atoms with E-state index in [0.29, 0.717) is 17.6 Å². The molecule has 2 bridgehead atoms. The highest BCUT2D eigenvalue weighted by Crippen LogP contribution is 2.28. The fourth-order valence-electron chi connectivity index (χ4n) is 3.90. The number of benzene rings is 2. The molecule has 0 saturated carbocycles. The van der Waals surface area contributed by atoms with E-state index in [1.54, 1.807) is 0 Å². The standard InChI is InChI=1S/C20H20N2O2/c23-10-2-5-13-3-1-4-14-11-15(6-8-17(13)14)20(24)22-19-12-16-7-9-18(19)21-16/h1,3-4,6,8,11,16,18-19,21,23H,7,9-10,12H2,(H,22,24)/t16-,18+,19-/m1/s1. The largest absolute Gasteiger partial charge is 0.384 e. The van der Waals surface area contributed by atoms with Crippen LogP contribution in [0.4, 0.5) is 0 Å². The average Bonchev–Trinajstić information content (AvgIpc) is 3.22. The number of amides is 1. The summed E-state index contributed by atoms with van der Waals surface area (Å²) in [5, 5.41) is 17.6. The Morgan fingerprint density at radius 1 is 1.29 bits per heavy atom. The van der Waals surface area contributed by atoms with Crippen LogP contribution >= 0.6 is 0 Å². The van der Waals surface area contributed by atoms with Gasteiger partial charge in [-0.05, 0) is 48.2 Å². The molecule has 2 aromatic rings. The zero-order chi connectivity index (χ0) is 16.5. The van der Waals surface area contributed by atoms with Gasteiger partial charge in [0.1, 0.15) is 6.61 Å². The molecule has 2 aliphatic heterocycles. The molecule has 2 fully saturated rings. The Labute approximate surface area is 141 Å². The lowest BCUT2D eigenvalue weighted by atomic mass is 9.95. The summed E-state index contributed by atoms with van der Waals surface area (Å²) in [5.74, 6) is 5.62. The number of rotatable bonds is 2. The number of nitrogens with one attached hydrogen (secondary N) is 2. The number of carbonyl (C=O) groups is 1. The molecule has 0 radical (unpaired) electrons. The van der Waals surface area contributed by atoms with E-state index < -0.39 is 0 Å². The van der Waals surface area contributed by atoms with Crippen molar-refractivity contribution in [1.29, 1.82) is 0 Å². The molecule has 3 atom stereocenters. The smallest absolute Gasteiger partial charge is 0.251 e. The maximum Gasteiger partial charge on any atom is 0.251 e. The maximum absolute atomic E-state index is 12.6. The fourth-order valence-corrected chi connectivity index (χ4v) is 3.90. The molecule has 4 rings (SSSR count). The molecule has 24 heavy (non-hydrogen) atoms. The van der Waals surface area contributed by atoms with E-state index in [0.717, 1.165) is 29.2 Å². The molecule has 2 saturated heterocycles. The van der Waals surface area contributed by atoms with Crippen LogP contribution in [0.2, 0.25) is 0 Å². The summed E-state index contributed by atoms with van der Waals surface area (Å²) in [6.45, 7) is -0.158. The minimum Gasteiger partial charge on any atom is -0.384 e. The normalized spacial score (nSPS) is 24.6. The second kappa shape index (κ2) is 6.27. The Bertz CT molecular complexity index is 850. The fraction of sp³-hybridized carbons (Fsp3) is 0.350. The van der Waals surface area contributed by atoms with Gasteiger partial charge in [0, 0.05) is 29.3 Å². The molecule has 1 amide bonds. The number of hydrogen-bond donors (Lipinski definition) is 3. The van der Waals surface area contributed by atoms with Gasteiger partial charge in [0.25, 0.3) is 5.91 Å². The highest BCUT2D eigenvalue weighted by atomic mass is 16.2. The van der Waals surface area contributed by atoms with Crippen LogP contribution in [-0.4, -0.2) is 35.7 Å². The Hall–Kier alpha value is -2.35. The highest BCUT2D eigenvalue weighted by Gasteiger charge is 2.39. The maximum atomic E-state index is 12.6. The molecule has 2 heterocycles. The molecule has 3 N–H and O–H groups in total. The number of carbonyl (C=O) groups excluding carboxylic acids is 1. The predicted octanol–water partition coefficient (Wildman–Crippen LogP) is 1.81. The highest BCUT2D eigenvalue weighted by molar-refractivity contribution is 6.00. The monoisotopic (exact) mass is 320 g/mol. The van der Waals surface area contributed by atoms with Crippen LogP contribution in [0.1, 0.15) is 35.2 Å². The Morgan fingerprint density at radius 2 is 2.21 bits per heavy atom. The lowest BCUT2D eigenvalue weighted by molar-refractivity contribution is 0.0931. The van der Waals surface area contributed by atoms with E-state index >= 15 is 0 Å². The van der Waals surface area contributed by atoms with Crippen LogP contribution < -0.4 is 10.6 Å². The van der Waals surface area contributed by atoms with E-state index in [-0.39, 0.29) is 18.6 Å². The van der Waals surface area contributed by atoms with E-state index in [9.17, 15) is 4.79 Å². The zero-order valence-corrected chi connectivity index (χ0v) is 13.4. The second-order valence-corrected chi connectivity index (χ2v) is 6.56. The Morgan fingerprint density at radius 3 is 2.96 bits per heavy atom. The van der Waals surface area contributed by atoms with Crippen molar-refractivity contribution < 1.29 is 9.90 Å². The van der Waals surface area contributed by atoms with Gasteiger partial charge < -0.3 is 15.7 Å². The summed E-state index contributed by atoms with van der Waals surface area (Å²) in [6.07, 6.45) is 3.41. The number of aliphatic hydroxyl groups is 1. The van der Waals surface area contributed by atoms with Crippen molar-refractivity contribution in [2.75, 3.05) is 6.61 Å². The summed E-state index contributed by atoms with van der Waals surface area (Å²) >= 11 is 0. The summed E-state index contributed by atoms with van der Waals surface area (Å²) < 4.78 is 0. The predicted molar refractivity (Wildman–Crippen MR) is 93.7 cm³/mol. The van der Waals surface area contributed by atoms with Crippen LogP contribution in [0.3, 0.4) is 0 Å². The number of aliphatic hydroxyl groups excluding tert-OH is 1. The summed E-state index contributed by atoms with van der Waals surface area (Å²) in [6, 6.07) is 12.8. The average molecular weight is 320 g/mol.